The molecule has 0 N–H and O–H groups in total. The molecule has 2 nitrogen and oxygen atoms in total. The van der Waals surface area contributed by atoms with E-state index in [-0.39, 0.29) is 0 Å². The molecule has 0 fully saturated rings. The lowest BCUT2D eigenvalue weighted by Gasteiger charge is -2.43. The minimum absolute atomic E-state index is 0.422. The van der Waals surface area contributed by atoms with Crippen molar-refractivity contribution >= 4 is 71.3 Å². The number of para-hydroxylation sites is 2. The summed E-state index contributed by atoms with van der Waals surface area (Å²) < 4.78 is 6.65. The van der Waals surface area contributed by atoms with Crippen LogP contribution in [0.15, 0.2) is 199 Å². The smallest absolute Gasteiger partial charge is 0.143 e. The number of hydrogen-bond donors (Lipinski definition) is 0. The fourth-order valence-electron chi connectivity index (χ4n) is 10.5. The van der Waals surface area contributed by atoms with Gasteiger partial charge in [0.15, 0.2) is 0 Å². The molecule has 13 rings (SSSR count). The van der Waals surface area contributed by atoms with Crippen LogP contribution in [0, 0.1) is 0 Å². The van der Waals surface area contributed by atoms with Crippen LogP contribution in [-0.2, 0) is 5.41 Å². The lowest BCUT2D eigenvalue weighted by Crippen LogP contribution is -2.32. The van der Waals surface area contributed by atoms with Crippen LogP contribution >= 0.6 is 0 Å². The Hall–Kier alpha value is -7.42. The van der Waals surface area contributed by atoms with Crippen molar-refractivity contribution in [1.29, 1.82) is 0 Å². The standard InChI is InChI=1S/C56H35NO/c1-56-47-32-38-16-5-4-15-37(38)31-46(47)44-20-11-22-51(54(44)56)57(49-28-27-39(33-48(49)56)42-19-10-21-45-43-18-8-9-23-52(43)58-55(42)45)50-29-26-35-13-6-7-17-41(35)53(50)40-25-24-34-12-2-3-14-36(34)30-40/h2-33H,1H3. The zero-order valence-corrected chi connectivity index (χ0v) is 31.8. The maximum Gasteiger partial charge on any atom is 0.143 e. The van der Waals surface area contributed by atoms with Crippen LogP contribution in [0.2, 0.25) is 0 Å². The maximum absolute atomic E-state index is 6.65. The van der Waals surface area contributed by atoms with Crippen molar-refractivity contribution in [2.24, 2.45) is 0 Å². The molecule has 0 saturated heterocycles. The van der Waals surface area contributed by atoms with Crippen LogP contribution in [0.4, 0.5) is 17.1 Å². The Morgan fingerprint density at radius 1 is 0.397 bits per heavy atom. The second-order valence-electron chi connectivity index (χ2n) is 16.2. The molecule has 0 amide bonds. The fraction of sp³-hybridized carbons (Fsp3) is 0.0357. The summed E-state index contributed by atoms with van der Waals surface area (Å²) in [7, 11) is 0. The van der Waals surface area contributed by atoms with E-state index in [1.54, 1.807) is 0 Å². The van der Waals surface area contributed by atoms with Gasteiger partial charge in [-0.1, -0.05) is 146 Å². The summed E-state index contributed by atoms with van der Waals surface area (Å²) in [4.78, 5) is 2.56. The lowest BCUT2D eigenvalue weighted by atomic mass is 9.69. The highest BCUT2D eigenvalue weighted by atomic mass is 16.3. The van der Waals surface area contributed by atoms with Gasteiger partial charge in [0.25, 0.3) is 0 Å². The third kappa shape index (κ3) is 4.21. The maximum atomic E-state index is 6.65. The minimum Gasteiger partial charge on any atom is -0.455 e. The summed E-state index contributed by atoms with van der Waals surface area (Å²) in [6, 6.07) is 71.7. The van der Waals surface area contributed by atoms with E-state index in [4.69, 9.17) is 4.42 Å². The molecule has 1 aliphatic heterocycles. The molecule has 0 spiro atoms. The monoisotopic (exact) mass is 737 g/mol. The van der Waals surface area contributed by atoms with Gasteiger partial charge in [0.05, 0.1) is 17.1 Å². The van der Waals surface area contributed by atoms with Crippen LogP contribution in [0.5, 0.6) is 0 Å². The van der Waals surface area contributed by atoms with E-state index in [2.05, 4.69) is 200 Å². The predicted molar refractivity (Wildman–Crippen MR) is 243 cm³/mol. The number of nitrogens with zero attached hydrogens (tertiary/aromatic N) is 1. The molecular formula is C56H35NO. The van der Waals surface area contributed by atoms with Crippen molar-refractivity contribution in [1.82, 2.24) is 0 Å². The SMILES string of the molecule is CC12c3cc4ccccc4cc3-c3cccc(c31)N(c1ccc3ccccc3c1-c1ccc3ccccc3c1)c1ccc(-c3cccc4c3oc3ccccc34)cc12. The van der Waals surface area contributed by atoms with Crippen molar-refractivity contribution in [3.8, 4) is 33.4 Å². The highest BCUT2D eigenvalue weighted by Gasteiger charge is 2.49. The van der Waals surface area contributed by atoms with E-state index in [1.807, 2.05) is 6.07 Å². The molecule has 10 aromatic carbocycles. The Bertz CT molecular complexity index is 3550. The highest BCUT2D eigenvalue weighted by Crippen LogP contribution is 2.64. The first-order chi connectivity index (χ1) is 28.6. The molecule has 1 unspecified atom stereocenters. The fourth-order valence-corrected chi connectivity index (χ4v) is 10.5. The van der Waals surface area contributed by atoms with Crippen LogP contribution in [-0.4, -0.2) is 0 Å². The van der Waals surface area contributed by atoms with E-state index in [0.717, 1.165) is 33.1 Å². The summed E-state index contributed by atoms with van der Waals surface area (Å²) in [6.45, 7) is 2.46. The summed E-state index contributed by atoms with van der Waals surface area (Å²) in [6.07, 6.45) is 0. The van der Waals surface area contributed by atoms with E-state index >= 15 is 0 Å². The van der Waals surface area contributed by atoms with Crippen LogP contribution in [0.1, 0.15) is 23.6 Å². The number of anilines is 3. The Labute approximate surface area is 335 Å². The molecule has 1 aromatic heterocycles. The number of benzene rings is 10. The van der Waals surface area contributed by atoms with Gasteiger partial charge in [0, 0.05) is 27.3 Å². The molecule has 2 heterocycles. The average molecular weight is 738 g/mol. The topological polar surface area (TPSA) is 16.4 Å². The molecule has 2 aliphatic rings. The molecule has 0 bridgehead atoms. The van der Waals surface area contributed by atoms with Crippen molar-refractivity contribution in [2.75, 3.05) is 4.90 Å². The lowest BCUT2D eigenvalue weighted by molar-refractivity contribution is 0.670. The van der Waals surface area contributed by atoms with Crippen molar-refractivity contribution in [3.05, 3.63) is 211 Å². The average Bonchev–Trinajstić information content (AvgIpc) is 3.79. The third-order valence-corrected chi connectivity index (χ3v) is 13.2. The van der Waals surface area contributed by atoms with Crippen molar-refractivity contribution in [3.63, 3.8) is 0 Å². The molecule has 11 aromatic rings. The molecular weight excluding hydrogens is 703 g/mol. The van der Waals surface area contributed by atoms with E-state index in [1.165, 1.54) is 88.3 Å². The summed E-state index contributed by atoms with van der Waals surface area (Å²) >= 11 is 0. The first kappa shape index (κ1) is 31.7. The normalized spacial score (nSPS) is 15.4. The van der Waals surface area contributed by atoms with Gasteiger partial charge in [-0.25, -0.2) is 0 Å². The van der Waals surface area contributed by atoms with Crippen LogP contribution in [0.25, 0.3) is 87.6 Å². The zero-order chi connectivity index (χ0) is 38.1. The summed E-state index contributed by atoms with van der Waals surface area (Å²) in [5.74, 6) is 0. The highest BCUT2D eigenvalue weighted by molar-refractivity contribution is 6.11. The predicted octanol–water partition coefficient (Wildman–Crippen LogP) is 15.5. The number of fused-ring (bicyclic) bond motifs is 11. The Morgan fingerprint density at radius 2 is 1.03 bits per heavy atom. The second-order valence-corrected chi connectivity index (χ2v) is 16.2. The van der Waals surface area contributed by atoms with Crippen molar-refractivity contribution < 1.29 is 4.42 Å². The molecule has 2 heteroatoms. The molecule has 1 atom stereocenters. The van der Waals surface area contributed by atoms with E-state index < -0.39 is 5.41 Å². The number of hydrogen-bond acceptors (Lipinski definition) is 2. The quantitative estimate of drug-likeness (QED) is 0.180. The van der Waals surface area contributed by atoms with Crippen LogP contribution < -0.4 is 4.90 Å². The van der Waals surface area contributed by atoms with Gasteiger partial charge in [-0.05, 0) is 127 Å². The van der Waals surface area contributed by atoms with Gasteiger partial charge in [-0.3, -0.25) is 0 Å². The van der Waals surface area contributed by atoms with E-state index in [9.17, 15) is 0 Å². The zero-order valence-electron chi connectivity index (χ0n) is 31.8. The third-order valence-electron chi connectivity index (χ3n) is 13.2. The summed E-state index contributed by atoms with van der Waals surface area (Å²) in [5.41, 5.74) is 16.3. The second kappa shape index (κ2) is 11.6. The first-order valence-corrected chi connectivity index (χ1v) is 20.2. The minimum atomic E-state index is -0.422. The van der Waals surface area contributed by atoms with Crippen molar-refractivity contribution in [2.45, 2.75) is 12.3 Å². The van der Waals surface area contributed by atoms with Crippen LogP contribution in [0.3, 0.4) is 0 Å². The number of furan rings is 1. The Kier molecular flexibility index (Phi) is 6.33. The Balaban J connectivity index is 1.13. The summed E-state index contributed by atoms with van der Waals surface area (Å²) in [5, 5.41) is 9.74. The molecule has 270 valence electrons. The molecule has 0 radical (unpaired) electrons. The molecule has 58 heavy (non-hydrogen) atoms. The van der Waals surface area contributed by atoms with Gasteiger partial charge in [-0.2, -0.15) is 0 Å². The van der Waals surface area contributed by atoms with Gasteiger partial charge >= 0.3 is 0 Å². The first-order valence-electron chi connectivity index (χ1n) is 20.2. The molecule has 0 saturated carbocycles. The van der Waals surface area contributed by atoms with Gasteiger partial charge < -0.3 is 9.32 Å². The van der Waals surface area contributed by atoms with Gasteiger partial charge in [0.1, 0.15) is 11.2 Å². The van der Waals surface area contributed by atoms with E-state index in [0.29, 0.717) is 0 Å². The largest absolute Gasteiger partial charge is 0.455 e. The van der Waals surface area contributed by atoms with Gasteiger partial charge in [-0.15, -0.1) is 0 Å². The number of rotatable bonds is 3. The van der Waals surface area contributed by atoms with Gasteiger partial charge in [0.2, 0.25) is 0 Å². The Morgan fingerprint density at radius 3 is 1.90 bits per heavy atom. The molecule has 1 aliphatic carbocycles.